The SMILES string of the molecule is CCCNC(COC(C)C)C1(C)CC1. The summed E-state index contributed by atoms with van der Waals surface area (Å²) in [4.78, 5) is 0. The van der Waals surface area contributed by atoms with Crippen molar-refractivity contribution in [2.24, 2.45) is 5.41 Å². The van der Waals surface area contributed by atoms with E-state index in [0.29, 0.717) is 17.6 Å². The minimum atomic E-state index is 0.350. The monoisotopic (exact) mass is 199 g/mol. The van der Waals surface area contributed by atoms with Crippen LogP contribution in [0.5, 0.6) is 0 Å². The molecule has 0 amide bonds. The van der Waals surface area contributed by atoms with Crippen molar-refractivity contribution >= 4 is 0 Å². The van der Waals surface area contributed by atoms with E-state index in [0.717, 1.165) is 13.2 Å². The third kappa shape index (κ3) is 3.58. The van der Waals surface area contributed by atoms with Gasteiger partial charge in [-0.2, -0.15) is 0 Å². The minimum Gasteiger partial charge on any atom is -0.377 e. The quantitative estimate of drug-likeness (QED) is 0.680. The lowest BCUT2D eigenvalue weighted by Gasteiger charge is -2.25. The van der Waals surface area contributed by atoms with E-state index in [1.807, 2.05) is 0 Å². The van der Waals surface area contributed by atoms with Crippen LogP contribution in [-0.4, -0.2) is 25.3 Å². The average molecular weight is 199 g/mol. The predicted molar refractivity (Wildman–Crippen MR) is 60.5 cm³/mol. The molecule has 0 saturated heterocycles. The smallest absolute Gasteiger partial charge is 0.0628 e. The molecular formula is C12H25NO. The third-order valence-electron chi connectivity index (χ3n) is 3.12. The van der Waals surface area contributed by atoms with Crippen LogP contribution in [0.15, 0.2) is 0 Å². The lowest BCUT2D eigenvalue weighted by Crippen LogP contribution is -2.41. The minimum absolute atomic E-state index is 0.350. The van der Waals surface area contributed by atoms with Gasteiger partial charge in [-0.15, -0.1) is 0 Å². The second-order valence-electron chi connectivity index (χ2n) is 5.04. The molecule has 1 fully saturated rings. The van der Waals surface area contributed by atoms with Crippen molar-refractivity contribution in [3.8, 4) is 0 Å². The predicted octanol–water partition coefficient (Wildman–Crippen LogP) is 2.58. The summed E-state index contributed by atoms with van der Waals surface area (Å²) in [6, 6.07) is 0.560. The van der Waals surface area contributed by atoms with E-state index in [2.05, 4.69) is 33.0 Å². The first-order chi connectivity index (χ1) is 6.58. The summed E-state index contributed by atoms with van der Waals surface area (Å²) in [5, 5.41) is 3.60. The molecule has 0 spiro atoms. The van der Waals surface area contributed by atoms with Crippen LogP contribution in [0.3, 0.4) is 0 Å². The van der Waals surface area contributed by atoms with Gasteiger partial charge >= 0.3 is 0 Å². The molecule has 2 nitrogen and oxygen atoms in total. The van der Waals surface area contributed by atoms with Gasteiger partial charge in [0.2, 0.25) is 0 Å². The van der Waals surface area contributed by atoms with Gasteiger partial charge < -0.3 is 10.1 Å². The lowest BCUT2D eigenvalue weighted by molar-refractivity contribution is 0.0467. The number of ether oxygens (including phenoxy) is 1. The third-order valence-corrected chi connectivity index (χ3v) is 3.12. The van der Waals surface area contributed by atoms with Crippen molar-refractivity contribution < 1.29 is 4.74 Å². The molecule has 0 aromatic carbocycles. The number of hydrogen-bond donors (Lipinski definition) is 1. The molecule has 1 N–H and O–H groups in total. The Balaban J connectivity index is 2.29. The van der Waals surface area contributed by atoms with Crippen molar-refractivity contribution in [2.45, 2.75) is 59.1 Å². The van der Waals surface area contributed by atoms with Crippen LogP contribution < -0.4 is 5.32 Å². The van der Waals surface area contributed by atoms with Gasteiger partial charge in [-0.25, -0.2) is 0 Å². The molecule has 0 aromatic rings. The molecule has 0 heterocycles. The highest BCUT2D eigenvalue weighted by molar-refractivity contribution is 4.98. The molecular weight excluding hydrogens is 174 g/mol. The summed E-state index contributed by atoms with van der Waals surface area (Å²) in [5.74, 6) is 0. The van der Waals surface area contributed by atoms with Gasteiger partial charge in [0.25, 0.3) is 0 Å². The number of hydrogen-bond acceptors (Lipinski definition) is 2. The van der Waals surface area contributed by atoms with Crippen LogP contribution >= 0.6 is 0 Å². The maximum absolute atomic E-state index is 5.71. The largest absolute Gasteiger partial charge is 0.377 e. The highest BCUT2D eigenvalue weighted by Gasteiger charge is 2.44. The van der Waals surface area contributed by atoms with Gasteiger partial charge in [0.15, 0.2) is 0 Å². The van der Waals surface area contributed by atoms with Gasteiger partial charge in [-0.05, 0) is 45.1 Å². The molecule has 1 saturated carbocycles. The fourth-order valence-electron chi connectivity index (χ4n) is 1.66. The molecule has 0 radical (unpaired) electrons. The molecule has 0 aromatic heterocycles. The highest BCUT2D eigenvalue weighted by atomic mass is 16.5. The summed E-state index contributed by atoms with van der Waals surface area (Å²) in [7, 11) is 0. The Morgan fingerprint density at radius 1 is 1.36 bits per heavy atom. The number of rotatable bonds is 7. The van der Waals surface area contributed by atoms with Crippen molar-refractivity contribution in [1.82, 2.24) is 5.32 Å². The standard InChI is InChI=1S/C12H25NO/c1-5-8-13-11(9-14-10(2)3)12(4)6-7-12/h10-11,13H,5-9H2,1-4H3. The molecule has 1 rings (SSSR count). The molecule has 1 aliphatic rings. The summed E-state index contributed by atoms with van der Waals surface area (Å²) in [6.07, 6.45) is 4.27. The van der Waals surface area contributed by atoms with Crippen LogP contribution in [0.1, 0.15) is 47.0 Å². The highest BCUT2D eigenvalue weighted by Crippen LogP contribution is 2.48. The van der Waals surface area contributed by atoms with E-state index < -0.39 is 0 Å². The first kappa shape index (κ1) is 12.0. The van der Waals surface area contributed by atoms with Crippen LogP contribution in [0.4, 0.5) is 0 Å². The van der Waals surface area contributed by atoms with E-state index >= 15 is 0 Å². The van der Waals surface area contributed by atoms with E-state index in [9.17, 15) is 0 Å². The van der Waals surface area contributed by atoms with Crippen LogP contribution in [0, 0.1) is 5.41 Å². The molecule has 0 aliphatic heterocycles. The number of nitrogens with one attached hydrogen (secondary N) is 1. The molecule has 2 heteroatoms. The fourth-order valence-corrected chi connectivity index (χ4v) is 1.66. The first-order valence-corrected chi connectivity index (χ1v) is 5.93. The second-order valence-corrected chi connectivity index (χ2v) is 5.04. The van der Waals surface area contributed by atoms with Crippen molar-refractivity contribution in [3.63, 3.8) is 0 Å². The Labute approximate surface area is 88.4 Å². The van der Waals surface area contributed by atoms with Gasteiger partial charge in [0.05, 0.1) is 12.7 Å². The molecule has 14 heavy (non-hydrogen) atoms. The van der Waals surface area contributed by atoms with E-state index in [1.54, 1.807) is 0 Å². The van der Waals surface area contributed by atoms with Crippen LogP contribution in [0.2, 0.25) is 0 Å². The zero-order chi connectivity index (χ0) is 10.6. The second kappa shape index (κ2) is 5.13. The maximum atomic E-state index is 5.71. The summed E-state index contributed by atoms with van der Waals surface area (Å²) in [6.45, 7) is 10.8. The first-order valence-electron chi connectivity index (χ1n) is 5.93. The van der Waals surface area contributed by atoms with Crippen molar-refractivity contribution in [1.29, 1.82) is 0 Å². The zero-order valence-corrected chi connectivity index (χ0v) is 10.1. The average Bonchev–Trinajstić information content (AvgIpc) is 2.84. The van der Waals surface area contributed by atoms with Crippen LogP contribution in [0.25, 0.3) is 0 Å². The summed E-state index contributed by atoms with van der Waals surface area (Å²) < 4.78 is 5.71. The van der Waals surface area contributed by atoms with Gasteiger partial charge in [0.1, 0.15) is 0 Å². The molecule has 1 unspecified atom stereocenters. The lowest BCUT2D eigenvalue weighted by atomic mass is 9.99. The Hall–Kier alpha value is -0.0800. The van der Waals surface area contributed by atoms with E-state index in [1.165, 1.54) is 19.3 Å². The molecule has 1 atom stereocenters. The van der Waals surface area contributed by atoms with Crippen molar-refractivity contribution in [2.75, 3.05) is 13.2 Å². The molecule has 84 valence electrons. The van der Waals surface area contributed by atoms with E-state index in [-0.39, 0.29) is 0 Å². The molecule has 0 bridgehead atoms. The molecule has 1 aliphatic carbocycles. The maximum Gasteiger partial charge on any atom is 0.0628 e. The van der Waals surface area contributed by atoms with Crippen molar-refractivity contribution in [3.05, 3.63) is 0 Å². The van der Waals surface area contributed by atoms with Gasteiger partial charge in [0, 0.05) is 6.04 Å². The van der Waals surface area contributed by atoms with Crippen LogP contribution in [-0.2, 0) is 4.74 Å². The van der Waals surface area contributed by atoms with Gasteiger partial charge in [-0.3, -0.25) is 0 Å². The Morgan fingerprint density at radius 2 is 2.00 bits per heavy atom. The Morgan fingerprint density at radius 3 is 2.43 bits per heavy atom. The van der Waals surface area contributed by atoms with E-state index in [4.69, 9.17) is 4.74 Å². The van der Waals surface area contributed by atoms with Gasteiger partial charge in [-0.1, -0.05) is 13.8 Å². The summed E-state index contributed by atoms with van der Waals surface area (Å²) in [5.41, 5.74) is 0.518. The Kier molecular flexibility index (Phi) is 4.39. The topological polar surface area (TPSA) is 21.3 Å². The zero-order valence-electron chi connectivity index (χ0n) is 10.1. The Bertz CT molecular complexity index is 164. The normalized spacial score (nSPS) is 21.2. The fraction of sp³-hybridized carbons (Fsp3) is 1.00. The summed E-state index contributed by atoms with van der Waals surface area (Å²) >= 11 is 0.